The average Bonchev–Trinajstić information content (AvgIpc) is 3.23. The Labute approximate surface area is 172 Å². The lowest BCUT2D eigenvalue weighted by atomic mass is 10.1. The maximum Gasteiger partial charge on any atom is 0.251 e. The second kappa shape index (κ2) is 7.49. The molecule has 0 radical (unpaired) electrons. The summed E-state index contributed by atoms with van der Waals surface area (Å²) in [5.74, 6) is -0.176. The molecule has 4 rings (SSSR count). The summed E-state index contributed by atoms with van der Waals surface area (Å²) in [4.78, 5) is 20.2. The van der Waals surface area contributed by atoms with Gasteiger partial charge in [-0.3, -0.25) is 9.52 Å². The van der Waals surface area contributed by atoms with Crippen molar-refractivity contribution in [1.82, 2.24) is 15.3 Å². The molecular weight excluding hydrogens is 408 g/mol. The molecule has 150 valence electrons. The van der Waals surface area contributed by atoms with Crippen molar-refractivity contribution in [3.63, 3.8) is 0 Å². The Morgan fingerprint density at radius 2 is 2.03 bits per heavy atom. The zero-order valence-corrected chi connectivity index (χ0v) is 17.5. The van der Waals surface area contributed by atoms with Crippen molar-refractivity contribution in [2.24, 2.45) is 0 Å². The number of carbonyl (C=O) groups excluding carboxylic acids is 1. The van der Waals surface area contributed by atoms with E-state index in [1.54, 1.807) is 18.2 Å². The molecule has 0 aliphatic heterocycles. The normalized spacial score (nSPS) is 12.9. The molecule has 1 atom stereocenters. The number of fused-ring (bicyclic) bond motifs is 2. The van der Waals surface area contributed by atoms with Crippen LogP contribution in [0.15, 0.2) is 48.7 Å². The van der Waals surface area contributed by atoms with E-state index in [-0.39, 0.29) is 17.1 Å². The number of aromatic nitrogens is 2. The molecule has 0 aliphatic carbocycles. The van der Waals surface area contributed by atoms with Gasteiger partial charge in [0.25, 0.3) is 5.91 Å². The fraction of sp³-hybridized carbons (Fsp3) is 0.200. The van der Waals surface area contributed by atoms with Gasteiger partial charge in [-0.1, -0.05) is 29.5 Å². The quantitative estimate of drug-likeness (QED) is 0.437. The van der Waals surface area contributed by atoms with Gasteiger partial charge in [-0.25, -0.2) is 13.4 Å². The second-order valence-electron chi connectivity index (χ2n) is 7.01. The van der Waals surface area contributed by atoms with E-state index in [2.05, 4.69) is 26.1 Å². The van der Waals surface area contributed by atoms with E-state index >= 15 is 0 Å². The molecule has 2 aromatic carbocycles. The van der Waals surface area contributed by atoms with Crippen LogP contribution in [0.4, 0.5) is 5.13 Å². The van der Waals surface area contributed by atoms with Crippen molar-refractivity contribution in [2.75, 3.05) is 11.0 Å². The van der Waals surface area contributed by atoms with Crippen LogP contribution in [0.25, 0.3) is 21.1 Å². The lowest BCUT2D eigenvalue weighted by Gasteiger charge is -2.13. The maximum atomic E-state index is 12.7. The number of hydrogen-bond donors (Lipinski definition) is 3. The van der Waals surface area contributed by atoms with Crippen LogP contribution >= 0.6 is 11.3 Å². The minimum Gasteiger partial charge on any atom is -0.361 e. The van der Waals surface area contributed by atoms with Crippen LogP contribution in [0.1, 0.15) is 22.8 Å². The third kappa shape index (κ3) is 4.41. The number of H-pyrrole nitrogens is 1. The third-order valence-corrected chi connectivity index (χ3v) is 6.13. The van der Waals surface area contributed by atoms with Crippen LogP contribution in [0.3, 0.4) is 0 Å². The Morgan fingerprint density at radius 1 is 1.24 bits per heavy atom. The number of anilines is 1. The lowest BCUT2D eigenvalue weighted by Crippen LogP contribution is -2.34. The maximum absolute atomic E-state index is 12.7. The molecule has 0 fully saturated rings. The molecule has 0 saturated carbocycles. The minimum atomic E-state index is -3.39. The SMILES string of the molecule is C[C@@H](Cc1c[nH]c2ccccc12)NC(=O)c1ccc2nc(NS(C)(=O)=O)sc2c1. The largest absolute Gasteiger partial charge is 0.361 e. The van der Waals surface area contributed by atoms with Crippen LogP contribution in [0, 0.1) is 0 Å². The number of hydrogen-bond acceptors (Lipinski definition) is 5. The standard InChI is InChI=1S/C20H20N4O3S2/c1-12(9-14-11-21-16-6-4-3-5-15(14)16)22-19(25)13-7-8-17-18(10-13)28-20(23-17)24-29(2,26)27/h3-8,10-12,21H,9H2,1-2H3,(H,22,25)(H,23,24)/t12-/m0/s1. The van der Waals surface area contributed by atoms with Gasteiger partial charge in [0.05, 0.1) is 16.5 Å². The van der Waals surface area contributed by atoms with Crippen molar-refractivity contribution >= 4 is 53.5 Å². The first-order chi connectivity index (χ1) is 13.8. The van der Waals surface area contributed by atoms with Crippen molar-refractivity contribution in [3.8, 4) is 0 Å². The number of sulfonamides is 1. The van der Waals surface area contributed by atoms with Crippen LogP contribution in [-0.2, 0) is 16.4 Å². The smallest absolute Gasteiger partial charge is 0.251 e. The van der Waals surface area contributed by atoms with Crippen molar-refractivity contribution in [1.29, 1.82) is 0 Å². The second-order valence-corrected chi connectivity index (χ2v) is 9.79. The van der Waals surface area contributed by atoms with Crippen molar-refractivity contribution in [2.45, 2.75) is 19.4 Å². The fourth-order valence-electron chi connectivity index (χ4n) is 3.26. The molecule has 7 nitrogen and oxygen atoms in total. The summed E-state index contributed by atoms with van der Waals surface area (Å²) in [6.45, 7) is 1.97. The topological polar surface area (TPSA) is 104 Å². The molecule has 0 unspecified atom stereocenters. The van der Waals surface area contributed by atoms with Gasteiger partial charge in [0.15, 0.2) is 5.13 Å². The highest BCUT2D eigenvalue weighted by Crippen LogP contribution is 2.27. The van der Waals surface area contributed by atoms with Crippen molar-refractivity contribution < 1.29 is 13.2 Å². The molecule has 0 spiro atoms. The monoisotopic (exact) mass is 428 g/mol. The van der Waals surface area contributed by atoms with Gasteiger partial charge in [-0.05, 0) is 43.2 Å². The number of benzene rings is 2. The highest BCUT2D eigenvalue weighted by Gasteiger charge is 2.15. The zero-order valence-electron chi connectivity index (χ0n) is 15.9. The first-order valence-corrected chi connectivity index (χ1v) is 11.7. The predicted molar refractivity (Wildman–Crippen MR) is 117 cm³/mol. The first kappa shape index (κ1) is 19.4. The highest BCUT2D eigenvalue weighted by atomic mass is 32.2. The Morgan fingerprint density at radius 3 is 2.83 bits per heavy atom. The number of thiazole rings is 1. The molecule has 2 heterocycles. The molecule has 0 saturated heterocycles. The summed E-state index contributed by atoms with van der Waals surface area (Å²) in [6, 6.07) is 13.2. The van der Waals surface area contributed by atoms with Crippen LogP contribution in [-0.4, -0.2) is 36.6 Å². The minimum absolute atomic E-state index is 0.0543. The average molecular weight is 429 g/mol. The van der Waals surface area contributed by atoms with E-state index in [4.69, 9.17) is 0 Å². The summed E-state index contributed by atoms with van der Waals surface area (Å²) in [6.07, 6.45) is 3.76. The van der Waals surface area contributed by atoms with Gasteiger partial charge in [-0.2, -0.15) is 0 Å². The van der Waals surface area contributed by atoms with E-state index in [1.165, 1.54) is 11.3 Å². The summed E-state index contributed by atoms with van der Waals surface area (Å²) < 4.78 is 25.9. The summed E-state index contributed by atoms with van der Waals surface area (Å²) >= 11 is 1.19. The van der Waals surface area contributed by atoms with E-state index < -0.39 is 10.0 Å². The molecule has 3 N–H and O–H groups in total. The van der Waals surface area contributed by atoms with Gasteiger partial charge in [0.2, 0.25) is 10.0 Å². The summed E-state index contributed by atoms with van der Waals surface area (Å²) in [7, 11) is -3.39. The van der Waals surface area contributed by atoms with Gasteiger partial charge >= 0.3 is 0 Å². The van der Waals surface area contributed by atoms with Crippen LogP contribution in [0.2, 0.25) is 0 Å². The van der Waals surface area contributed by atoms with Gasteiger partial charge in [-0.15, -0.1) is 0 Å². The van der Waals surface area contributed by atoms with Gasteiger partial charge < -0.3 is 10.3 Å². The number of nitrogens with zero attached hydrogens (tertiary/aromatic N) is 1. The van der Waals surface area contributed by atoms with E-state index in [1.807, 2.05) is 31.3 Å². The zero-order chi connectivity index (χ0) is 20.6. The highest BCUT2D eigenvalue weighted by molar-refractivity contribution is 7.92. The number of rotatable bonds is 6. The Balaban J connectivity index is 1.48. The molecule has 0 bridgehead atoms. The molecule has 1 amide bonds. The summed E-state index contributed by atoms with van der Waals surface area (Å²) in [5, 5.41) is 4.47. The molecule has 2 aromatic heterocycles. The number of carbonyl (C=O) groups is 1. The first-order valence-electron chi connectivity index (χ1n) is 9.03. The number of amides is 1. The molecule has 4 aromatic rings. The summed E-state index contributed by atoms with van der Waals surface area (Å²) in [5.41, 5.74) is 3.39. The van der Waals surface area contributed by atoms with E-state index in [0.717, 1.165) is 27.4 Å². The van der Waals surface area contributed by atoms with E-state index in [9.17, 15) is 13.2 Å². The van der Waals surface area contributed by atoms with Gasteiger partial charge in [0, 0.05) is 28.7 Å². The lowest BCUT2D eigenvalue weighted by molar-refractivity contribution is 0.0940. The molecule has 9 heteroatoms. The van der Waals surface area contributed by atoms with Gasteiger partial charge in [0.1, 0.15) is 0 Å². The number of para-hydroxylation sites is 1. The Hall–Kier alpha value is -2.91. The number of nitrogens with one attached hydrogen (secondary N) is 3. The Kier molecular flexibility index (Phi) is 5.01. The number of aromatic amines is 1. The third-order valence-electron chi connectivity index (χ3n) is 4.50. The van der Waals surface area contributed by atoms with E-state index in [0.29, 0.717) is 17.5 Å². The van der Waals surface area contributed by atoms with Crippen LogP contribution in [0.5, 0.6) is 0 Å². The molecular formula is C20H20N4O3S2. The molecule has 0 aliphatic rings. The fourth-order valence-corrected chi connectivity index (χ4v) is 5.00. The Bertz CT molecular complexity index is 1310. The van der Waals surface area contributed by atoms with Crippen LogP contribution < -0.4 is 10.0 Å². The predicted octanol–water partition coefficient (Wildman–Crippen LogP) is 3.51. The van der Waals surface area contributed by atoms with Crippen molar-refractivity contribution in [3.05, 3.63) is 59.8 Å². The molecule has 29 heavy (non-hydrogen) atoms.